The summed E-state index contributed by atoms with van der Waals surface area (Å²) in [6, 6.07) is 20.6. The number of carbonyl (C=O) groups excluding carboxylic acids is 2. The maximum absolute atomic E-state index is 13.1. The SMILES string of the molecule is O=C(Nc1nc(Cc2ccccc2)c(-c2ccccc2)s1)C1CCN(C(=O)N2CCCC2)CC1. The largest absolute Gasteiger partial charge is 0.325 e. The number of hydrogen-bond donors (Lipinski definition) is 1. The fourth-order valence-corrected chi connectivity index (χ4v) is 5.77. The lowest BCUT2D eigenvalue weighted by molar-refractivity contribution is -0.121. The van der Waals surface area contributed by atoms with Crippen LogP contribution in [-0.4, -0.2) is 52.9 Å². The number of anilines is 1. The zero-order valence-corrected chi connectivity index (χ0v) is 20.1. The number of rotatable bonds is 5. The molecule has 3 heterocycles. The van der Waals surface area contributed by atoms with E-state index in [0.717, 1.165) is 42.1 Å². The van der Waals surface area contributed by atoms with E-state index < -0.39 is 0 Å². The van der Waals surface area contributed by atoms with Crippen molar-refractivity contribution < 1.29 is 9.59 Å². The molecule has 1 aromatic heterocycles. The van der Waals surface area contributed by atoms with E-state index >= 15 is 0 Å². The van der Waals surface area contributed by atoms with E-state index in [-0.39, 0.29) is 17.9 Å². The monoisotopic (exact) mass is 474 g/mol. The van der Waals surface area contributed by atoms with Crippen molar-refractivity contribution in [1.82, 2.24) is 14.8 Å². The number of likely N-dealkylation sites (tertiary alicyclic amines) is 2. The Labute approximate surface area is 204 Å². The first-order chi connectivity index (χ1) is 16.7. The highest BCUT2D eigenvalue weighted by Crippen LogP contribution is 2.35. The molecule has 2 fully saturated rings. The van der Waals surface area contributed by atoms with Crippen LogP contribution in [0.1, 0.15) is 36.9 Å². The summed E-state index contributed by atoms with van der Waals surface area (Å²) in [4.78, 5) is 35.5. The van der Waals surface area contributed by atoms with Crippen LogP contribution in [0.4, 0.5) is 9.93 Å². The van der Waals surface area contributed by atoms with Gasteiger partial charge in [-0.25, -0.2) is 9.78 Å². The molecule has 2 aliphatic heterocycles. The summed E-state index contributed by atoms with van der Waals surface area (Å²) in [6.07, 6.45) is 4.29. The number of hydrogen-bond acceptors (Lipinski definition) is 4. The second kappa shape index (κ2) is 10.4. The molecule has 6 nitrogen and oxygen atoms in total. The molecule has 0 atom stereocenters. The standard InChI is InChI=1S/C27H30N4O2S/c32-25(22-13-17-31(18-14-22)27(33)30-15-7-8-16-30)29-26-28-23(19-20-9-3-1-4-10-20)24(34-26)21-11-5-2-6-12-21/h1-6,9-12,22H,7-8,13-19H2,(H,28,29,32). The van der Waals surface area contributed by atoms with Crippen molar-refractivity contribution in [2.75, 3.05) is 31.5 Å². The van der Waals surface area contributed by atoms with Crippen molar-refractivity contribution in [1.29, 1.82) is 0 Å². The van der Waals surface area contributed by atoms with Gasteiger partial charge in [-0.05, 0) is 36.8 Å². The molecule has 34 heavy (non-hydrogen) atoms. The van der Waals surface area contributed by atoms with Crippen molar-refractivity contribution in [3.05, 3.63) is 71.9 Å². The Morgan fingerprint density at radius 2 is 1.50 bits per heavy atom. The predicted molar refractivity (Wildman–Crippen MR) is 136 cm³/mol. The first-order valence-electron chi connectivity index (χ1n) is 12.1. The fraction of sp³-hybridized carbons (Fsp3) is 0.370. The number of nitrogens with one attached hydrogen (secondary N) is 1. The number of nitrogens with zero attached hydrogens (tertiary/aromatic N) is 3. The Morgan fingerprint density at radius 3 is 2.18 bits per heavy atom. The second-order valence-corrected chi connectivity index (χ2v) is 10.0. The third-order valence-corrected chi connectivity index (χ3v) is 7.75. The van der Waals surface area contributed by atoms with Gasteiger partial charge in [-0.2, -0.15) is 0 Å². The van der Waals surface area contributed by atoms with Gasteiger partial charge < -0.3 is 15.1 Å². The summed E-state index contributed by atoms with van der Waals surface area (Å²) in [5.41, 5.74) is 3.28. The number of urea groups is 1. The van der Waals surface area contributed by atoms with Crippen LogP contribution >= 0.6 is 11.3 Å². The van der Waals surface area contributed by atoms with E-state index in [2.05, 4.69) is 29.6 Å². The predicted octanol–water partition coefficient (Wildman–Crippen LogP) is 5.27. The third-order valence-electron chi connectivity index (χ3n) is 6.69. The van der Waals surface area contributed by atoms with Crippen LogP contribution in [0.2, 0.25) is 0 Å². The van der Waals surface area contributed by atoms with E-state index in [9.17, 15) is 9.59 Å². The van der Waals surface area contributed by atoms with Crippen molar-refractivity contribution in [2.24, 2.45) is 5.92 Å². The normalized spacial score (nSPS) is 16.6. The number of aromatic nitrogens is 1. The maximum Gasteiger partial charge on any atom is 0.319 e. The van der Waals surface area contributed by atoms with Crippen LogP contribution in [-0.2, 0) is 11.2 Å². The van der Waals surface area contributed by atoms with Gasteiger partial charge in [0.2, 0.25) is 5.91 Å². The van der Waals surface area contributed by atoms with Crippen molar-refractivity contribution >= 4 is 28.4 Å². The van der Waals surface area contributed by atoms with Gasteiger partial charge in [0, 0.05) is 38.5 Å². The van der Waals surface area contributed by atoms with Crippen molar-refractivity contribution in [2.45, 2.75) is 32.1 Å². The van der Waals surface area contributed by atoms with Gasteiger partial charge in [0.15, 0.2) is 5.13 Å². The molecule has 5 rings (SSSR count). The van der Waals surface area contributed by atoms with Gasteiger partial charge >= 0.3 is 6.03 Å². The molecule has 0 bridgehead atoms. The van der Waals surface area contributed by atoms with Crippen LogP contribution < -0.4 is 5.32 Å². The highest BCUT2D eigenvalue weighted by atomic mass is 32.1. The van der Waals surface area contributed by atoms with Crippen molar-refractivity contribution in [3.63, 3.8) is 0 Å². The Morgan fingerprint density at radius 1 is 0.882 bits per heavy atom. The molecule has 0 saturated carbocycles. The molecule has 1 N–H and O–H groups in total. The zero-order chi connectivity index (χ0) is 23.3. The van der Waals surface area contributed by atoms with E-state index in [1.165, 1.54) is 16.9 Å². The smallest absolute Gasteiger partial charge is 0.319 e. The minimum absolute atomic E-state index is 0.00731. The summed E-state index contributed by atoms with van der Waals surface area (Å²) in [5, 5.41) is 3.73. The lowest BCUT2D eigenvalue weighted by Crippen LogP contribution is -2.47. The third kappa shape index (κ3) is 5.14. The minimum Gasteiger partial charge on any atom is -0.325 e. The Hall–Kier alpha value is -3.19. The summed E-state index contributed by atoms with van der Waals surface area (Å²) in [5.74, 6) is -0.0860. The molecule has 2 aliphatic rings. The topological polar surface area (TPSA) is 65.5 Å². The highest BCUT2D eigenvalue weighted by molar-refractivity contribution is 7.19. The molecule has 176 valence electrons. The lowest BCUT2D eigenvalue weighted by Gasteiger charge is -2.33. The quantitative estimate of drug-likeness (QED) is 0.548. The van der Waals surface area contributed by atoms with E-state index in [4.69, 9.17) is 4.98 Å². The van der Waals surface area contributed by atoms with Crippen LogP contribution in [0.25, 0.3) is 10.4 Å². The van der Waals surface area contributed by atoms with Crippen molar-refractivity contribution in [3.8, 4) is 10.4 Å². The summed E-state index contributed by atoms with van der Waals surface area (Å²) < 4.78 is 0. The van der Waals surface area contributed by atoms with Gasteiger partial charge in [-0.1, -0.05) is 72.0 Å². The first-order valence-corrected chi connectivity index (χ1v) is 12.9. The Balaban J connectivity index is 1.26. The molecule has 2 aromatic carbocycles. The molecule has 0 radical (unpaired) electrons. The zero-order valence-electron chi connectivity index (χ0n) is 19.3. The molecular formula is C27H30N4O2S. The number of piperidine rings is 1. The molecule has 7 heteroatoms. The molecule has 2 saturated heterocycles. The fourth-order valence-electron chi connectivity index (χ4n) is 4.78. The summed E-state index contributed by atoms with van der Waals surface area (Å²) in [6.45, 7) is 3.00. The lowest BCUT2D eigenvalue weighted by atomic mass is 9.96. The Kier molecular flexibility index (Phi) is 6.90. The van der Waals surface area contributed by atoms with Crippen LogP contribution in [0.3, 0.4) is 0 Å². The van der Waals surface area contributed by atoms with Gasteiger partial charge in [0.25, 0.3) is 0 Å². The number of carbonyl (C=O) groups is 2. The van der Waals surface area contributed by atoms with E-state index in [1.54, 1.807) is 0 Å². The first kappa shape index (κ1) is 22.6. The maximum atomic E-state index is 13.1. The van der Waals surface area contributed by atoms with Gasteiger partial charge in [0.1, 0.15) is 0 Å². The van der Waals surface area contributed by atoms with Gasteiger partial charge in [-0.3, -0.25) is 4.79 Å². The molecule has 0 spiro atoms. The van der Waals surface area contributed by atoms with Crippen LogP contribution in [0.15, 0.2) is 60.7 Å². The molecule has 3 amide bonds. The summed E-state index contributed by atoms with van der Waals surface area (Å²) >= 11 is 1.53. The average Bonchev–Trinajstić information content (AvgIpc) is 3.55. The molecule has 0 aliphatic carbocycles. The molecule has 0 unspecified atom stereocenters. The average molecular weight is 475 g/mol. The second-order valence-electron chi connectivity index (χ2n) is 9.05. The van der Waals surface area contributed by atoms with Crippen LogP contribution in [0.5, 0.6) is 0 Å². The highest BCUT2D eigenvalue weighted by Gasteiger charge is 2.31. The van der Waals surface area contributed by atoms with Gasteiger partial charge in [0.05, 0.1) is 10.6 Å². The molecular weight excluding hydrogens is 444 g/mol. The number of benzene rings is 2. The number of thiazole rings is 1. The van der Waals surface area contributed by atoms with E-state index in [1.807, 2.05) is 46.2 Å². The number of amides is 3. The summed E-state index contributed by atoms with van der Waals surface area (Å²) in [7, 11) is 0. The minimum atomic E-state index is -0.0933. The van der Waals surface area contributed by atoms with E-state index in [0.29, 0.717) is 37.5 Å². The Bertz CT molecular complexity index is 1120. The van der Waals surface area contributed by atoms with Crippen LogP contribution in [0, 0.1) is 5.92 Å². The molecule has 3 aromatic rings. The van der Waals surface area contributed by atoms with Gasteiger partial charge in [-0.15, -0.1) is 0 Å².